The van der Waals surface area contributed by atoms with Gasteiger partial charge in [-0.3, -0.25) is 4.79 Å². The highest BCUT2D eigenvalue weighted by Gasteiger charge is 2.51. The fourth-order valence-electron chi connectivity index (χ4n) is 13.7. The molecule has 2 aliphatic rings. The molecule has 14 nitrogen and oxygen atoms in total. The summed E-state index contributed by atoms with van der Waals surface area (Å²) in [4.78, 5) is 13.4. The van der Waals surface area contributed by atoms with Crippen LogP contribution in [0.2, 0.25) is 0 Å². The molecule has 0 radical (unpaired) electrons. The molecule has 560 valence electrons. The Kier molecular flexibility index (Phi) is 61.6. The van der Waals surface area contributed by atoms with E-state index in [1.165, 1.54) is 289 Å². The molecule has 95 heavy (non-hydrogen) atoms. The lowest BCUT2D eigenvalue weighted by Crippen LogP contribution is -2.65. The summed E-state index contributed by atoms with van der Waals surface area (Å²) < 4.78 is 23.0. The summed E-state index contributed by atoms with van der Waals surface area (Å²) in [6.45, 7) is 2.92. The highest BCUT2D eigenvalue weighted by Crippen LogP contribution is 2.30. The molecule has 0 aliphatic carbocycles. The minimum absolute atomic E-state index is 0.199. The molecule has 0 saturated carbocycles. The maximum absolute atomic E-state index is 13.4. The van der Waals surface area contributed by atoms with Crippen LogP contribution in [0.15, 0.2) is 36.5 Å². The van der Waals surface area contributed by atoms with E-state index in [9.17, 15) is 45.6 Å². The van der Waals surface area contributed by atoms with Gasteiger partial charge in [-0.2, -0.15) is 0 Å². The summed E-state index contributed by atoms with van der Waals surface area (Å²) in [7, 11) is 0. The van der Waals surface area contributed by atoms with Gasteiger partial charge in [0.15, 0.2) is 12.6 Å². The molecule has 1 amide bonds. The van der Waals surface area contributed by atoms with Crippen LogP contribution in [0.4, 0.5) is 0 Å². The van der Waals surface area contributed by atoms with Gasteiger partial charge in [-0.25, -0.2) is 0 Å². The maximum atomic E-state index is 13.4. The second kappa shape index (κ2) is 65.5. The van der Waals surface area contributed by atoms with E-state index in [-0.39, 0.29) is 12.5 Å². The minimum atomic E-state index is -1.78. The van der Waals surface area contributed by atoms with E-state index in [0.29, 0.717) is 12.8 Å². The van der Waals surface area contributed by atoms with Crippen LogP contribution in [0.3, 0.4) is 0 Å². The summed E-state index contributed by atoms with van der Waals surface area (Å²) in [5.41, 5.74) is 0. The number of allylic oxidation sites excluding steroid dienone is 6. The third kappa shape index (κ3) is 48.6. The van der Waals surface area contributed by atoms with Crippen molar-refractivity contribution in [3.8, 4) is 0 Å². The number of rotatable bonds is 69. The van der Waals surface area contributed by atoms with Crippen molar-refractivity contribution in [1.29, 1.82) is 0 Å². The number of hydrogen-bond acceptors (Lipinski definition) is 13. The fraction of sp³-hybridized carbons (Fsp3) is 0.914. The van der Waals surface area contributed by atoms with Crippen molar-refractivity contribution in [1.82, 2.24) is 5.32 Å². The van der Waals surface area contributed by atoms with E-state index >= 15 is 0 Å². The number of aliphatic hydroxyl groups excluding tert-OH is 8. The molecule has 2 aliphatic heterocycles. The second-order valence-corrected chi connectivity index (χ2v) is 28.9. The van der Waals surface area contributed by atoms with Gasteiger partial charge in [-0.05, 0) is 51.4 Å². The lowest BCUT2D eigenvalue weighted by Gasteiger charge is -2.46. The van der Waals surface area contributed by atoms with Gasteiger partial charge in [-0.15, -0.1) is 0 Å². The standard InChI is InChI=1S/C81H153NO13/c1-3-5-7-9-11-13-15-17-19-21-23-25-27-29-31-33-34-35-36-37-39-41-43-45-47-49-51-53-55-57-59-61-63-65-73(86)82-69(68-92-80-78(91)76(89)79(72(67-84)94-80)95-81-77(90)75(88)74(87)71(66-83)93-81)70(85)64-62-60-58-56-54-52-50-48-46-44-42-40-38-32-30-28-26-24-22-20-18-16-14-12-10-8-6-4-2/h15,17,21,23,27,29,69-72,74-81,83-85,87-91H,3-14,16,18-20,22,24-26,28,30-68H2,1-2H3,(H,82,86)/b17-15-,23-21-,29-27-. The van der Waals surface area contributed by atoms with Crippen LogP contribution in [0.25, 0.3) is 0 Å². The first-order chi connectivity index (χ1) is 46.6. The minimum Gasteiger partial charge on any atom is -0.394 e. The molecule has 0 aromatic rings. The molecule has 0 aromatic carbocycles. The number of nitrogens with one attached hydrogen (secondary N) is 1. The van der Waals surface area contributed by atoms with Crippen LogP contribution in [0.5, 0.6) is 0 Å². The average molecular weight is 1350 g/mol. The molecule has 12 unspecified atom stereocenters. The van der Waals surface area contributed by atoms with E-state index < -0.39 is 86.8 Å². The topological polar surface area (TPSA) is 228 Å². The van der Waals surface area contributed by atoms with Crippen LogP contribution in [0.1, 0.15) is 380 Å². The molecule has 2 saturated heterocycles. The Morgan fingerprint density at radius 1 is 0.379 bits per heavy atom. The summed E-state index contributed by atoms with van der Waals surface area (Å²) >= 11 is 0. The number of carbonyl (C=O) groups excluding carboxylic acids is 1. The average Bonchev–Trinajstić information content (AvgIpc) is 0.801. The second-order valence-electron chi connectivity index (χ2n) is 28.9. The summed E-state index contributed by atoms with van der Waals surface area (Å²) in [6, 6.07) is -0.830. The normalized spacial score (nSPS) is 22.5. The lowest BCUT2D eigenvalue weighted by molar-refractivity contribution is -0.359. The van der Waals surface area contributed by atoms with Crippen molar-refractivity contribution in [2.24, 2.45) is 0 Å². The summed E-state index contributed by atoms with van der Waals surface area (Å²) in [5.74, 6) is -0.199. The van der Waals surface area contributed by atoms with E-state index in [2.05, 4.69) is 55.6 Å². The van der Waals surface area contributed by atoms with Crippen LogP contribution in [-0.2, 0) is 23.7 Å². The zero-order valence-corrected chi connectivity index (χ0v) is 61.4. The Balaban J connectivity index is 1.60. The van der Waals surface area contributed by atoms with Crippen molar-refractivity contribution in [2.75, 3.05) is 19.8 Å². The summed E-state index contributed by atoms with van der Waals surface area (Å²) in [6.07, 6.45) is 69.0. The van der Waals surface area contributed by atoms with Gasteiger partial charge >= 0.3 is 0 Å². The molecule has 14 heteroatoms. The Morgan fingerprint density at radius 3 is 1.06 bits per heavy atom. The first-order valence-corrected chi connectivity index (χ1v) is 40.7. The first-order valence-electron chi connectivity index (χ1n) is 40.7. The Hall–Kier alpha value is -1.79. The van der Waals surface area contributed by atoms with E-state index in [1.807, 2.05) is 0 Å². The number of unbranched alkanes of at least 4 members (excludes halogenated alkanes) is 50. The van der Waals surface area contributed by atoms with Crippen molar-refractivity contribution in [3.05, 3.63) is 36.5 Å². The number of aliphatic hydroxyl groups is 8. The third-order valence-corrected chi connectivity index (χ3v) is 20.1. The van der Waals surface area contributed by atoms with Gasteiger partial charge in [0.1, 0.15) is 48.8 Å². The molecule has 2 fully saturated rings. The molecule has 0 spiro atoms. The number of amides is 1. The van der Waals surface area contributed by atoms with E-state index in [4.69, 9.17) is 18.9 Å². The Bertz CT molecular complexity index is 1730. The van der Waals surface area contributed by atoms with Crippen molar-refractivity contribution < 1.29 is 64.6 Å². The molecule has 12 atom stereocenters. The zero-order valence-electron chi connectivity index (χ0n) is 61.4. The van der Waals surface area contributed by atoms with Crippen molar-refractivity contribution in [2.45, 2.75) is 453 Å². The van der Waals surface area contributed by atoms with Gasteiger partial charge in [0, 0.05) is 6.42 Å². The number of carbonyl (C=O) groups is 1. The van der Waals surface area contributed by atoms with Gasteiger partial charge in [0.2, 0.25) is 5.91 Å². The molecular formula is C81H153NO13. The molecule has 2 rings (SSSR count). The number of ether oxygens (including phenoxy) is 4. The Morgan fingerprint density at radius 2 is 0.695 bits per heavy atom. The predicted octanol–water partition coefficient (Wildman–Crippen LogP) is 18.4. The van der Waals surface area contributed by atoms with Crippen molar-refractivity contribution in [3.63, 3.8) is 0 Å². The molecular weight excluding hydrogens is 1190 g/mol. The Labute approximate surface area is 582 Å². The number of hydrogen-bond donors (Lipinski definition) is 9. The van der Waals surface area contributed by atoms with Gasteiger partial charge in [-0.1, -0.05) is 359 Å². The smallest absolute Gasteiger partial charge is 0.220 e. The SMILES string of the molecule is CCCCCCC/C=C\C/C=C\C/C=C\CCCCCCCCCCCCCCCCCCCCC(=O)NC(COC1OC(CO)C(OC2OC(CO)C(O)C(O)C2O)C(O)C1O)C(O)CCCCCCCCCCCCCCCCCCCCCCCCCCCCCC. The van der Waals surface area contributed by atoms with E-state index in [0.717, 1.165) is 64.2 Å². The molecule has 0 aromatic heterocycles. The molecule has 0 bridgehead atoms. The van der Waals surface area contributed by atoms with Crippen LogP contribution < -0.4 is 5.32 Å². The molecule has 9 N–H and O–H groups in total. The van der Waals surface area contributed by atoms with Gasteiger partial charge in [0.25, 0.3) is 0 Å². The van der Waals surface area contributed by atoms with Crippen LogP contribution in [-0.4, -0.2) is 140 Å². The van der Waals surface area contributed by atoms with Crippen LogP contribution in [0, 0.1) is 0 Å². The fourth-order valence-corrected chi connectivity index (χ4v) is 13.7. The lowest BCUT2D eigenvalue weighted by atomic mass is 9.97. The highest BCUT2D eigenvalue weighted by atomic mass is 16.7. The van der Waals surface area contributed by atoms with Crippen LogP contribution >= 0.6 is 0 Å². The highest BCUT2D eigenvalue weighted by molar-refractivity contribution is 5.76. The van der Waals surface area contributed by atoms with Gasteiger partial charge < -0.3 is 65.1 Å². The predicted molar refractivity (Wildman–Crippen MR) is 392 cm³/mol. The largest absolute Gasteiger partial charge is 0.394 e. The quantitative estimate of drug-likeness (QED) is 0.0204. The third-order valence-electron chi connectivity index (χ3n) is 20.1. The van der Waals surface area contributed by atoms with Gasteiger partial charge in [0.05, 0.1) is 32.0 Å². The molecule has 2 heterocycles. The maximum Gasteiger partial charge on any atom is 0.220 e. The van der Waals surface area contributed by atoms with Crippen molar-refractivity contribution >= 4 is 5.91 Å². The monoisotopic (exact) mass is 1350 g/mol. The zero-order chi connectivity index (χ0) is 68.7. The van der Waals surface area contributed by atoms with E-state index in [1.54, 1.807) is 0 Å². The summed E-state index contributed by atoms with van der Waals surface area (Å²) in [5, 5.41) is 87.9. The first kappa shape index (κ1) is 89.3.